The zero-order chi connectivity index (χ0) is 23.2. The normalized spacial score (nSPS) is 10.8. The molecule has 0 saturated carbocycles. The molecule has 7 nitrogen and oxygen atoms in total. The first kappa shape index (κ1) is 22.1. The molecule has 7 heteroatoms. The van der Waals surface area contributed by atoms with E-state index in [0.717, 1.165) is 12.2 Å². The zero-order valence-corrected chi connectivity index (χ0v) is 18.4. The Morgan fingerprint density at radius 1 is 0.848 bits per heavy atom. The Labute approximate surface area is 190 Å². The van der Waals surface area contributed by atoms with Crippen LogP contribution < -0.4 is 21.3 Å². The average Bonchev–Trinajstić information content (AvgIpc) is 2.84. The van der Waals surface area contributed by atoms with Gasteiger partial charge >= 0.3 is 5.69 Å². The largest absolute Gasteiger partial charge is 0.457 e. The molecular weight excluding hydrogens is 418 g/mol. The number of carbonyl (C=O) groups is 1. The van der Waals surface area contributed by atoms with Crippen molar-refractivity contribution in [2.24, 2.45) is 0 Å². The summed E-state index contributed by atoms with van der Waals surface area (Å²) in [5, 5.41) is 3.23. The van der Waals surface area contributed by atoms with Gasteiger partial charge in [0.25, 0.3) is 5.56 Å². The van der Waals surface area contributed by atoms with Crippen LogP contribution in [-0.2, 0) is 17.9 Å². The van der Waals surface area contributed by atoms with E-state index in [-0.39, 0.29) is 18.0 Å². The number of rotatable bonds is 8. The van der Waals surface area contributed by atoms with E-state index in [1.165, 1.54) is 9.13 Å². The Morgan fingerprint density at radius 2 is 1.52 bits per heavy atom. The average molecular weight is 444 g/mol. The molecule has 0 bridgehead atoms. The fourth-order valence-corrected chi connectivity index (χ4v) is 3.61. The van der Waals surface area contributed by atoms with Gasteiger partial charge in [-0.2, -0.15) is 0 Å². The number of anilines is 1. The van der Waals surface area contributed by atoms with Crippen molar-refractivity contribution in [3.63, 3.8) is 0 Å². The van der Waals surface area contributed by atoms with Crippen LogP contribution in [0.1, 0.15) is 19.8 Å². The third-order valence-electron chi connectivity index (χ3n) is 5.29. The van der Waals surface area contributed by atoms with Crippen molar-refractivity contribution < 1.29 is 9.53 Å². The van der Waals surface area contributed by atoms with Crippen LogP contribution in [0.2, 0.25) is 0 Å². The van der Waals surface area contributed by atoms with E-state index in [4.69, 9.17) is 4.74 Å². The van der Waals surface area contributed by atoms with Crippen molar-refractivity contribution in [2.45, 2.75) is 32.9 Å². The number of carbonyl (C=O) groups excluding carboxylic acids is 1. The standard InChI is InChI=1S/C26H25N3O4/c1-2-3-17-28-25(31)22-11-7-8-12-23(22)29(26(28)32)18-24(30)27-19-13-15-21(16-14-19)33-20-9-5-4-6-10-20/h4-16H,2-3,17-18H2,1H3,(H,27,30). The quantitative estimate of drug-likeness (QED) is 0.438. The highest BCUT2D eigenvalue weighted by molar-refractivity contribution is 5.91. The molecule has 0 aliphatic heterocycles. The van der Waals surface area contributed by atoms with E-state index in [1.807, 2.05) is 37.3 Å². The third-order valence-corrected chi connectivity index (χ3v) is 5.29. The van der Waals surface area contributed by atoms with E-state index in [2.05, 4.69) is 5.32 Å². The first-order valence-corrected chi connectivity index (χ1v) is 10.9. The molecule has 0 aliphatic rings. The van der Waals surface area contributed by atoms with Gasteiger partial charge in [-0.25, -0.2) is 4.79 Å². The van der Waals surface area contributed by atoms with Crippen LogP contribution in [0.25, 0.3) is 10.9 Å². The van der Waals surface area contributed by atoms with Crippen LogP contribution in [0.3, 0.4) is 0 Å². The second-order valence-electron chi connectivity index (χ2n) is 7.68. The highest BCUT2D eigenvalue weighted by Gasteiger charge is 2.15. The minimum absolute atomic E-state index is 0.200. The summed E-state index contributed by atoms with van der Waals surface area (Å²) in [4.78, 5) is 38.6. The fourth-order valence-electron chi connectivity index (χ4n) is 3.61. The second kappa shape index (κ2) is 9.99. The number of para-hydroxylation sites is 2. The zero-order valence-electron chi connectivity index (χ0n) is 18.4. The Morgan fingerprint density at radius 3 is 2.24 bits per heavy atom. The number of nitrogens with one attached hydrogen (secondary N) is 1. The van der Waals surface area contributed by atoms with E-state index in [9.17, 15) is 14.4 Å². The van der Waals surface area contributed by atoms with Gasteiger partial charge in [-0.1, -0.05) is 43.7 Å². The molecule has 33 heavy (non-hydrogen) atoms. The molecule has 1 amide bonds. The summed E-state index contributed by atoms with van der Waals surface area (Å²) < 4.78 is 8.34. The Balaban J connectivity index is 1.54. The van der Waals surface area contributed by atoms with Crippen molar-refractivity contribution in [3.8, 4) is 11.5 Å². The molecule has 0 atom stereocenters. The molecule has 0 radical (unpaired) electrons. The lowest BCUT2D eigenvalue weighted by molar-refractivity contribution is -0.116. The van der Waals surface area contributed by atoms with Gasteiger partial charge in [0.1, 0.15) is 18.0 Å². The number of benzene rings is 3. The number of aromatic nitrogens is 2. The summed E-state index contributed by atoms with van der Waals surface area (Å²) in [6.45, 7) is 2.12. The summed E-state index contributed by atoms with van der Waals surface area (Å²) in [6, 6.07) is 23.3. The van der Waals surface area contributed by atoms with E-state index >= 15 is 0 Å². The first-order chi connectivity index (χ1) is 16.1. The minimum Gasteiger partial charge on any atom is -0.457 e. The Hall–Kier alpha value is -4.13. The summed E-state index contributed by atoms with van der Waals surface area (Å²) in [5.41, 5.74) is 0.225. The van der Waals surface area contributed by atoms with Crippen LogP contribution in [0.15, 0.2) is 88.5 Å². The third kappa shape index (κ3) is 5.03. The smallest absolute Gasteiger partial charge is 0.331 e. The summed E-state index contributed by atoms with van der Waals surface area (Å²) in [7, 11) is 0. The predicted molar refractivity (Wildman–Crippen MR) is 129 cm³/mol. The Bertz CT molecular complexity index is 1370. The molecule has 3 aromatic carbocycles. The van der Waals surface area contributed by atoms with Gasteiger partial charge in [-0.3, -0.25) is 18.7 Å². The number of nitrogens with zero attached hydrogens (tertiary/aromatic N) is 2. The second-order valence-corrected chi connectivity index (χ2v) is 7.68. The molecule has 0 fully saturated rings. The lowest BCUT2D eigenvalue weighted by atomic mass is 10.2. The molecule has 0 spiro atoms. The molecule has 1 heterocycles. The summed E-state index contributed by atoms with van der Waals surface area (Å²) in [6.07, 6.45) is 1.56. The van der Waals surface area contributed by atoms with Gasteiger partial charge in [0.15, 0.2) is 0 Å². The molecule has 4 aromatic rings. The lowest BCUT2D eigenvalue weighted by Gasteiger charge is -2.14. The van der Waals surface area contributed by atoms with Crippen LogP contribution in [0.4, 0.5) is 5.69 Å². The van der Waals surface area contributed by atoms with Crippen molar-refractivity contribution in [1.82, 2.24) is 9.13 Å². The monoisotopic (exact) mass is 443 g/mol. The SMILES string of the molecule is CCCCn1c(=O)c2ccccc2n(CC(=O)Nc2ccc(Oc3ccccc3)cc2)c1=O. The number of amides is 1. The van der Waals surface area contributed by atoms with Crippen molar-refractivity contribution in [3.05, 3.63) is 99.7 Å². The van der Waals surface area contributed by atoms with Crippen LogP contribution in [-0.4, -0.2) is 15.0 Å². The van der Waals surface area contributed by atoms with Crippen LogP contribution in [0.5, 0.6) is 11.5 Å². The van der Waals surface area contributed by atoms with Gasteiger partial charge < -0.3 is 10.1 Å². The number of ether oxygens (including phenoxy) is 1. The van der Waals surface area contributed by atoms with Gasteiger partial charge in [-0.15, -0.1) is 0 Å². The highest BCUT2D eigenvalue weighted by atomic mass is 16.5. The Kier molecular flexibility index (Phi) is 6.69. The predicted octanol–water partition coefficient (Wildman–Crippen LogP) is 4.39. The lowest BCUT2D eigenvalue weighted by Crippen LogP contribution is -2.41. The topological polar surface area (TPSA) is 82.3 Å². The van der Waals surface area contributed by atoms with Crippen molar-refractivity contribution in [1.29, 1.82) is 0 Å². The van der Waals surface area contributed by atoms with E-state index < -0.39 is 5.69 Å². The maximum Gasteiger partial charge on any atom is 0.331 e. The summed E-state index contributed by atoms with van der Waals surface area (Å²) in [5.74, 6) is 1.00. The fraction of sp³-hybridized carbons (Fsp3) is 0.192. The number of hydrogen-bond donors (Lipinski definition) is 1. The van der Waals surface area contributed by atoms with Crippen LogP contribution >= 0.6 is 0 Å². The maximum atomic E-state index is 13.0. The first-order valence-electron chi connectivity index (χ1n) is 10.9. The molecule has 4 rings (SSSR count). The molecule has 1 N–H and O–H groups in total. The molecule has 0 saturated heterocycles. The van der Waals surface area contributed by atoms with Gasteiger partial charge in [0.2, 0.25) is 5.91 Å². The number of fused-ring (bicyclic) bond motifs is 1. The van der Waals surface area contributed by atoms with E-state index in [1.54, 1.807) is 48.5 Å². The molecule has 168 valence electrons. The maximum absolute atomic E-state index is 13.0. The molecular formula is C26H25N3O4. The number of unbranched alkanes of at least 4 members (excludes halogenated alkanes) is 1. The van der Waals surface area contributed by atoms with E-state index in [0.29, 0.717) is 35.3 Å². The summed E-state index contributed by atoms with van der Waals surface area (Å²) >= 11 is 0. The molecule has 0 unspecified atom stereocenters. The van der Waals surface area contributed by atoms with Crippen molar-refractivity contribution in [2.75, 3.05) is 5.32 Å². The molecule has 1 aromatic heterocycles. The highest BCUT2D eigenvalue weighted by Crippen LogP contribution is 2.22. The van der Waals surface area contributed by atoms with Gasteiger partial charge in [-0.05, 0) is 55.0 Å². The van der Waals surface area contributed by atoms with Crippen molar-refractivity contribution >= 4 is 22.5 Å². The van der Waals surface area contributed by atoms with Crippen LogP contribution in [0, 0.1) is 0 Å². The molecule has 0 aliphatic carbocycles. The van der Waals surface area contributed by atoms with Gasteiger partial charge in [0, 0.05) is 12.2 Å². The number of hydrogen-bond acceptors (Lipinski definition) is 4. The van der Waals surface area contributed by atoms with Gasteiger partial charge in [0.05, 0.1) is 10.9 Å². The minimum atomic E-state index is -0.478.